The molecular formula is C11H13NO3. The van der Waals surface area contributed by atoms with Gasteiger partial charge in [-0.05, 0) is 19.1 Å². The molecule has 1 unspecified atom stereocenters. The van der Waals surface area contributed by atoms with Crippen LogP contribution >= 0.6 is 0 Å². The van der Waals surface area contributed by atoms with Crippen molar-refractivity contribution >= 4 is 11.8 Å². The summed E-state index contributed by atoms with van der Waals surface area (Å²) in [5, 5.41) is 0. The quantitative estimate of drug-likeness (QED) is 0.653. The highest BCUT2D eigenvalue weighted by Crippen LogP contribution is 2.33. The van der Waals surface area contributed by atoms with Crippen molar-refractivity contribution < 1.29 is 14.3 Å². The SMILES string of the molecule is COC(=O)N1c2ccccc2OCC1C. The minimum Gasteiger partial charge on any atom is -0.489 e. The number of ether oxygens (including phenoxy) is 2. The van der Waals surface area contributed by atoms with E-state index < -0.39 is 0 Å². The highest BCUT2D eigenvalue weighted by atomic mass is 16.5. The van der Waals surface area contributed by atoms with Crippen molar-refractivity contribution in [3.8, 4) is 5.75 Å². The highest BCUT2D eigenvalue weighted by Gasteiger charge is 2.29. The van der Waals surface area contributed by atoms with E-state index in [9.17, 15) is 4.79 Å². The van der Waals surface area contributed by atoms with Gasteiger partial charge in [-0.2, -0.15) is 0 Å². The molecule has 0 aromatic heterocycles. The van der Waals surface area contributed by atoms with Crippen LogP contribution in [0.5, 0.6) is 5.75 Å². The number of carbonyl (C=O) groups excluding carboxylic acids is 1. The Bertz CT molecular complexity index is 378. The van der Waals surface area contributed by atoms with Crippen LogP contribution in [0.2, 0.25) is 0 Å². The molecule has 4 nitrogen and oxygen atoms in total. The number of nitrogens with zero attached hydrogens (tertiary/aromatic N) is 1. The molecule has 1 aliphatic rings. The summed E-state index contributed by atoms with van der Waals surface area (Å²) in [6, 6.07) is 7.44. The maximum atomic E-state index is 11.6. The Morgan fingerprint density at radius 3 is 3.00 bits per heavy atom. The average molecular weight is 207 g/mol. The average Bonchev–Trinajstić information content (AvgIpc) is 2.28. The monoisotopic (exact) mass is 207 g/mol. The van der Waals surface area contributed by atoms with E-state index in [1.807, 2.05) is 31.2 Å². The number of amides is 1. The molecule has 0 N–H and O–H groups in total. The second-order valence-electron chi connectivity index (χ2n) is 3.47. The zero-order chi connectivity index (χ0) is 10.8. The fourth-order valence-electron chi connectivity index (χ4n) is 1.68. The first-order chi connectivity index (χ1) is 7.24. The van der Waals surface area contributed by atoms with Gasteiger partial charge in [-0.3, -0.25) is 4.90 Å². The fourth-order valence-corrected chi connectivity index (χ4v) is 1.68. The van der Waals surface area contributed by atoms with Crippen LogP contribution < -0.4 is 9.64 Å². The van der Waals surface area contributed by atoms with E-state index in [4.69, 9.17) is 9.47 Å². The van der Waals surface area contributed by atoms with Crippen LogP contribution in [-0.2, 0) is 4.74 Å². The van der Waals surface area contributed by atoms with Crippen LogP contribution in [0.25, 0.3) is 0 Å². The Kier molecular flexibility index (Phi) is 2.49. The molecular weight excluding hydrogens is 194 g/mol. The van der Waals surface area contributed by atoms with Gasteiger partial charge in [-0.25, -0.2) is 4.79 Å². The Hall–Kier alpha value is -1.71. The number of carbonyl (C=O) groups is 1. The number of benzene rings is 1. The van der Waals surface area contributed by atoms with E-state index in [1.54, 1.807) is 4.90 Å². The van der Waals surface area contributed by atoms with Gasteiger partial charge >= 0.3 is 6.09 Å². The number of hydrogen-bond acceptors (Lipinski definition) is 3. The van der Waals surface area contributed by atoms with Crippen LogP contribution in [0.15, 0.2) is 24.3 Å². The lowest BCUT2D eigenvalue weighted by Gasteiger charge is -2.33. The first-order valence-electron chi connectivity index (χ1n) is 4.83. The van der Waals surface area contributed by atoms with Gasteiger partial charge in [0.05, 0.1) is 18.8 Å². The van der Waals surface area contributed by atoms with E-state index in [0.717, 1.165) is 11.4 Å². The van der Waals surface area contributed by atoms with Crippen molar-refractivity contribution in [1.29, 1.82) is 0 Å². The molecule has 0 radical (unpaired) electrons. The number of hydrogen-bond donors (Lipinski definition) is 0. The molecule has 0 aliphatic carbocycles. The molecule has 1 amide bonds. The molecule has 1 aromatic carbocycles. The van der Waals surface area contributed by atoms with Crippen molar-refractivity contribution in [2.24, 2.45) is 0 Å². The predicted octanol–water partition coefficient (Wildman–Crippen LogP) is 2.04. The summed E-state index contributed by atoms with van der Waals surface area (Å²) in [4.78, 5) is 13.2. The van der Waals surface area contributed by atoms with Crippen molar-refractivity contribution in [2.75, 3.05) is 18.6 Å². The van der Waals surface area contributed by atoms with E-state index in [-0.39, 0.29) is 12.1 Å². The summed E-state index contributed by atoms with van der Waals surface area (Å²) in [6.45, 7) is 2.42. The lowest BCUT2D eigenvalue weighted by molar-refractivity contribution is 0.168. The maximum absolute atomic E-state index is 11.6. The molecule has 1 aromatic rings. The van der Waals surface area contributed by atoms with Gasteiger partial charge < -0.3 is 9.47 Å². The molecule has 0 saturated carbocycles. The number of rotatable bonds is 0. The number of para-hydroxylation sites is 2. The molecule has 2 rings (SSSR count). The third kappa shape index (κ3) is 1.63. The number of anilines is 1. The summed E-state index contributed by atoms with van der Waals surface area (Å²) < 4.78 is 10.3. The molecule has 0 fully saturated rings. The first kappa shape index (κ1) is 9.83. The second-order valence-corrected chi connectivity index (χ2v) is 3.47. The molecule has 15 heavy (non-hydrogen) atoms. The minimum absolute atomic E-state index is 0.00708. The smallest absolute Gasteiger partial charge is 0.414 e. The Morgan fingerprint density at radius 1 is 1.53 bits per heavy atom. The van der Waals surface area contributed by atoms with Gasteiger partial charge in [0, 0.05) is 0 Å². The largest absolute Gasteiger partial charge is 0.489 e. The predicted molar refractivity (Wildman–Crippen MR) is 56.3 cm³/mol. The topological polar surface area (TPSA) is 38.8 Å². The lowest BCUT2D eigenvalue weighted by atomic mass is 10.2. The highest BCUT2D eigenvalue weighted by molar-refractivity contribution is 5.90. The van der Waals surface area contributed by atoms with Crippen molar-refractivity contribution in [1.82, 2.24) is 0 Å². The maximum Gasteiger partial charge on any atom is 0.414 e. The summed E-state index contributed by atoms with van der Waals surface area (Å²) in [7, 11) is 1.38. The summed E-state index contributed by atoms with van der Waals surface area (Å²) >= 11 is 0. The van der Waals surface area contributed by atoms with Crippen LogP contribution in [-0.4, -0.2) is 25.9 Å². The Labute approximate surface area is 88.4 Å². The van der Waals surface area contributed by atoms with Gasteiger partial charge in [0.2, 0.25) is 0 Å². The van der Waals surface area contributed by atoms with Crippen molar-refractivity contribution in [3.05, 3.63) is 24.3 Å². The van der Waals surface area contributed by atoms with Crippen molar-refractivity contribution in [2.45, 2.75) is 13.0 Å². The molecule has 0 bridgehead atoms. The normalized spacial score (nSPS) is 19.1. The molecule has 1 heterocycles. The van der Waals surface area contributed by atoms with Gasteiger partial charge in [-0.15, -0.1) is 0 Å². The summed E-state index contributed by atoms with van der Waals surface area (Å²) in [5.41, 5.74) is 0.767. The van der Waals surface area contributed by atoms with Gasteiger partial charge in [-0.1, -0.05) is 12.1 Å². The molecule has 0 saturated heterocycles. The van der Waals surface area contributed by atoms with Gasteiger partial charge in [0.15, 0.2) is 0 Å². The Morgan fingerprint density at radius 2 is 2.27 bits per heavy atom. The number of methoxy groups -OCH3 is 1. The second kappa shape index (κ2) is 3.81. The number of fused-ring (bicyclic) bond motifs is 1. The van der Waals surface area contributed by atoms with Crippen LogP contribution in [0.1, 0.15) is 6.92 Å². The van der Waals surface area contributed by atoms with Crippen LogP contribution in [0, 0.1) is 0 Å². The standard InChI is InChI=1S/C11H13NO3/c1-8-7-15-10-6-4-3-5-9(10)12(8)11(13)14-2/h3-6,8H,7H2,1-2H3. The van der Waals surface area contributed by atoms with E-state index in [0.29, 0.717) is 6.61 Å². The zero-order valence-corrected chi connectivity index (χ0v) is 8.77. The lowest BCUT2D eigenvalue weighted by Crippen LogP contribution is -2.45. The fraction of sp³-hybridized carbons (Fsp3) is 0.364. The van der Waals surface area contributed by atoms with E-state index >= 15 is 0 Å². The van der Waals surface area contributed by atoms with Crippen molar-refractivity contribution in [3.63, 3.8) is 0 Å². The van der Waals surface area contributed by atoms with E-state index in [1.165, 1.54) is 7.11 Å². The zero-order valence-electron chi connectivity index (χ0n) is 8.77. The third-order valence-corrected chi connectivity index (χ3v) is 2.42. The van der Waals surface area contributed by atoms with E-state index in [2.05, 4.69) is 0 Å². The molecule has 1 aliphatic heterocycles. The van der Waals surface area contributed by atoms with Gasteiger partial charge in [0.1, 0.15) is 12.4 Å². The minimum atomic E-state index is -0.349. The molecule has 80 valence electrons. The van der Waals surface area contributed by atoms with Crippen LogP contribution in [0.3, 0.4) is 0 Å². The molecule has 1 atom stereocenters. The summed E-state index contributed by atoms with van der Waals surface area (Å²) in [6.07, 6.45) is -0.349. The van der Waals surface area contributed by atoms with Crippen LogP contribution in [0.4, 0.5) is 10.5 Å². The molecule has 4 heteroatoms. The summed E-state index contributed by atoms with van der Waals surface area (Å²) in [5.74, 6) is 0.723. The molecule has 0 spiro atoms. The first-order valence-corrected chi connectivity index (χ1v) is 4.83. The van der Waals surface area contributed by atoms with Gasteiger partial charge in [0.25, 0.3) is 0 Å². The third-order valence-electron chi connectivity index (χ3n) is 2.42. The Balaban J connectivity index is 2.41.